The van der Waals surface area contributed by atoms with Gasteiger partial charge in [-0.05, 0) is 30.3 Å². The summed E-state index contributed by atoms with van der Waals surface area (Å²) in [6, 6.07) is 13.0. The number of thioether (sulfide) groups is 1. The molecule has 2 aromatic carbocycles. The van der Waals surface area contributed by atoms with Crippen LogP contribution in [0.25, 0.3) is 0 Å². The van der Waals surface area contributed by atoms with E-state index in [-0.39, 0.29) is 23.3 Å². The first-order valence-corrected chi connectivity index (χ1v) is 8.63. The van der Waals surface area contributed by atoms with Crippen molar-refractivity contribution in [3.05, 3.63) is 59.4 Å². The fraction of sp³-hybridized carbons (Fsp3) is 0.118. The normalized spacial score (nSPS) is 18.2. The minimum Gasteiger partial charge on any atom is -0.326 e. The van der Waals surface area contributed by atoms with Crippen molar-refractivity contribution in [3.63, 3.8) is 0 Å². The van der Waals surface area contributed by atoms with Crippen LogP contribution in [0.1, 0.15) is 6.42 Å². The Labute approximate surface area is 152 Å². The molecule has 0 radical (unpaired) electrons. The number of rotatable bonds is 4. The first-order chi connectivity index (χ1) is 12.0. The van der Waals surface area contributed by atoms with Gasteiger partial charge in [-0.2, -0.15) is 0 Å². The minimum absolute atomic E-state index is 0.0224. The molecule has 1 aliphatic rings. The summed E-state index contributed by atoms with van der Waals surface area (Å²) in [5.74, 6) is -1.09. The zero-order valence-electron chi connectivity index (χ0n) is 12.8. The number of carbonyl (C=O) groups is 2. The number of nitrogens with one attached hydrogen (secondary N) is 2. The summed E-state index contributed by atoms with van der Waals surface area (Å²) in [7, 11) is 0. The van der Waals surface area contributed by atoms with Crippen LogP contribution in [0.5, 0.6) is 0 Å². The average molecular weight is 378 g/mol. The second-order valence-electron chi connectivity index (χ2n) is 5.23. The summed E-state index contributed by atoms with van der Waals surface area (Å²) in [6.45, 7) is 0. The Morgan fingerprint density at radius 1 is 1.28 bits per heavy atom. The van der Waals surface area contributed by atoms with Crippen LogP contribution >= 0.6 is 23.4 Å². The molecule has 0 unspecified atom stereocenters. The third-order valence-electron chi connectivity index (χ3n) is 3.34. The van der Waals surface area contributed by atoms with Gasteiger partial charge in [-0.25, -0.2) is 9.38 Å². The molecule has 3 rings (SSSR count). The van der Waals surface area contributed by atoms with Gasteiger partial charge in [-0.15, -0.1) is 0 Å². The highest BCUT2D eigenvalue weighted by Gasteiger charge is 2.32. The topological polar surface area (TPSA) is 70.6 Å². The van der Waals surface area contributed by atoms with E-state index in [1.807, 2.05) is 18.2 Å². The van der Waals surface area contributed by atoms with Crippen LogP contribution in [0, 0.1) is 5.82 Å². The van der Waals surface area contributed by atoms with E-state index in [1.54, 1.807) is 12.1 Å². The van der Waals surface area contributed by atoms with E-state index in [2.05, 4.69) is 15.6 Å². The molecule has 5 nitrogen and oxygen atoms in total. The Morgan fingerprint density at radius 2 is 2.04 bits per heavy atom. The van der Waals surface area contributed by atoms with Gasteiger partial charge < -0.3 is 10.6 Å². The molecule has 0 aromatic heterocycles. The number of anilines is 1. The van der Waals surface area contributed by atoms with Crippen molar-refractivity contribution in [2.24, 2.45) is 4.99 Å². The molecule has 1 atom stereocenters. The second kappa shape index (κ2) is 7.67. The monoisotopic (exact) mass is 377 g/mol. The van der Waals surface area contributed by atoms with E-state index >= 15 is 0 Å². The highest BCUT2D eigenvalue weighted by atomic mass is 35.5. The van der Waals surface area contributed by atoms with Crippen molar-refractivity contribution < 1.29 is 14.0 Å². The quantitative estimate of drug-likeness (QED) is 0.852. The van der Waals surface area contributed by atoms with E-state index in [9.17, 15) is 14.0 Å². The van der Waals surface area contributed by atoms with E-state index in [1.165, 1.54) is 18.2 Å². The van der Waals surface area contributed by atoms with Crippen LogP contribution in [-0.4, -0.2) is 22.2 Å². The van der Waals surface area contributed by atoms with Gasteiger partial charge in [0.15, 0.2) is 5.17 Å². The molecule has 1 aliphatic heterocycles. The van der Waals surface area contributed by atoms with Crippen molar-refractivity contribution in [2.75, 3.05) is 5.32 Å². The molecule has 0 spiro atoms. The summed E-state index contributed by atoms with van der Waals surface area (Å²) >= 11 is 6.87. The first-order valence-electron chi connectivity index (χ1n) is 7.37. The van der Waals surface area contributed by atoms with Crippen LogP contribution in [0.3, 0.4) is 0 Å². The molecule has 8 heteroatoms. The van der Waals surface area contributed by atoms with Crippen LogP contribution in [0.4, 0.5) is 15.8 Å². The van der Waals surface area contributed by atoms with Gasteiger partial charge in [0.05, 0.1) is 10.7 Å². The average Bonchev–Trinajstić information content (AvgIpc) is 2.91. The lowest BCUT2D eigenvalue weighted by Gasteiger charge is -2.07. The Hall–Kier alpha value is -2.38. The molecule has 1 heterocycles. The smallest absolute Gasteiger partial charge is 0.240 e. The summed E-state index contributed by atoms with van der Waals surface area (Å²) in [5, 5.41) is 5.08. The van der Waals surface area contributed by atoms with Gasteiger partial charge in [-0.1, -0.05) is 41.6 Å². The summed E-state index contributed by atoms with van der Waals surface area (Å²) in [5.41, 5.74) is 1.09. The first kappa shape index (κ1) is 17.4. The van der Waals surface area contributed by atoms with Gasteiger partial charge in [-0.3, -0.25) is 9.59 Å². The molecule has 25 heavy (non-hydrogen) atoms. The lowest BCUT2D eigenvalue weighted by molar-refractivity contribution is -0.122. The van der Waals surface area contributed by atoms with Gasteiger partial charge in [0.25, 0.3) is 0 Å². The van der Waals surface area contributed by atoms with Crippen LogP contribution in [-0.2, 0) is 9.59 Å². The fourth-order valence-corrected chi connectivity index (χ4v) is 3.33. The zero-order valence-corrected chi connectivity index (χ0v) is 14.4. The van der Waals surface area contributed by atoms with Crippen molar-refractivity contribution in [1.29, 1.82) is 0 Å². The molecule has 2 N–H and O–H groups in total. The maximum absolute atomic E-state index is 13.2. The molecule has 0 aliphatic carbocycles. The molecule has 1 fully saturated rings. The predicted molar refractivity (Wildman–Crippen MR) is 97.7 cm³/mol. The minimum atomic E-state index is -0.571. The number of amidine groups is 1. The number of aliphatic imine (C=N–C) groups is 1. The third-order valence-corrected chi connectivity index (χ3v) is 4.71. The van der Waals surface area contributed by atoms with E-state index in [0.717, 1.165) is 11.8 Å². The molecule has 2 aromatic rings. The fourth-order valence-electron chi connectivity index (χ4n) is 2.17. The van der Waals surface area contributed by atoms with E-state index in [0.29, 0.717) is 16.5 Å². The molecule has 128 valence electrons. The van der Waals surface area contributed by atoms with Crippen molar-refractivity contribution in [1.82, 2.24) is 5.32 Å². The number of hydrogen-bond acceptors (Lipinski definition) is 4. The second-order valence-corrected chi connectivity index (χ2v) is 6.83. The lowest BCUT2D eigenvalue weighted by Crippen LogP contribution is -2.28. The Bertz CT molecular complexity index is 845. The summed E-state index contributed by atoms with van der Waals surface area (Å²) < 4.78 is 13.2. The maximum Gasteiger partial charge on any atom is 0.240 e. The van der Waals surface area contributed by atoms with Crippen molar-refractivity contribution >= 4 is 51.7 Å². The Morgan fingerprint density at radius 3 is 2.76 bits per heavy atom. The van der Waals surface area contributed by atoms with Gasteiger partial charge >= 0.3 is 0 Å². The standard InChI is InChI=1S/C17H13ClFN3O2S/c18-12-8-11(6-7-13(12)19)21-17-22-16(24)14(25-17)9-15(23)20-10-4-2-1-3-5-10/h1-8,14H,9H2,(H,20,23)(H,21,22,24)/t14-/m1/s1. The van der Waals surface area contributed by atoms with Gasteiger partial charge in [0.2, 0.25) is 11.8 Å². The number of amides is 2. The highest BCUT2D eigenvalue weighted by Crippen LogP contribution is 2.27. The van der Waals surface area contributed by atoms with Crippen molar-refractivity contribution in [3.8, 4) is 0 Å². The van der Waals surface area contributed by atoms with Crippen LogP contribution < -0.4 is 10.6 Å². The number of benzene rings is 2. The summed E-state index contributed by atoms with van der Waals surface area (Å²) in [6.07, 6.45) is 0.0224. The zero-order chi connectivity index (χ0) is 17.8. The van der Waals surface area contributed by atoms with Crippen LogP contribution in [0.15, 0.2) is 53.5 Å². The molecular weight excluding hydrogens is 365 g/mol. The third kappa shape index (κ3) is 4.58. The Balaban J connectivity index is 1.63. The lowest BCUT2D eigenvalue weighted by atomic mass is 10.2. The molecular formula is C17H13ClFN3O2S. The number of carbonyl (C=O) groups excluding carboxylic acids is 2. The van der Waals surface area contributed by atoms with Crippen LogP contribution in [0.2, 0.25) is 5.02 Å². The number of hydrogen-bond donors (Lipinski definition) is 2. The van der Waals surface area contributed by atoms with E-state index in [4.69, 9.17) is 11.6 Å². The molecule has 0 saturated carbocycles. The molecule has 2 amide bonds. The number of nitrogens with zero attached hydrogens (tertiary/aromatic N) is 1. The van der Waals surface area contributed by atoms with Gasteiger partial charge in [0, 0.05) is 12.1 Å². The predicted octanol–water partition coefficient (Wildman–Crippen LogP) is 3.73. The van der Waals surface area contributed by atoms with E-state index < -0.39 is 11.1 Å². The largest absolute Gasteiger partial charge is 0.326 e. The SMILES string of the molecule is O=C(C[C@H]1SC(=Nc2ccc(F)c(Cl)c2)NC1=O)Nc1ccccc1. The Kier molecular flexibility index (Phi) is 5.35. The molecule has 1 saturated heterocycles. The number of para-hydroxylation sites is 1. The number of halogens is 2. The van der Waals surface area contributed by atoms with Crippen molar-refractivity contribution in [2.45, 2.75) is 11.7 Å². The summed E-state index contributed by atoms with van der Waals surface area (Å²) in [4.78, 5) is 28.3. The maximum atomic E-state index is 13.2. The van der Waals surface area contributed by atoms with Gasteiger partial charge in [0.1, 0.15) is 11.1 Å². The molecule has 0 bridgehead atoms. The highest BCUT2D eigenvalue weighted by molar-refractivity contribution is 8.15.